The molecule has 1 aromatic heterocycles. The molecule has 7 nitrogen and oxygen atoms in total. The number of hydrogen-bond acceptors (Lipinski definition) is 7. The van der Waals surface area contributed by atoms with E-state index in [0.717, 1.165) is 0 Å². The summed E-state index contributed by atoms with van der Waals surface area (Å²) in [7, 11) is 0. The second-order valence-electron chi connectivity index (χ2n) is 3.38. The first-order chi connectivity index (χ1) is 9.92. The summed E-state index contributed by atoms with van der Waals surface area (Å²) >= 11 is 17.2. The number of anilines is 2. The van der Waals surface area contributed by atoms with Crippen LogP contribution >= 0.6 is 34.8 Å². The first kappa shape index (κ1) is 21.3. The maximum atomic E-state index is 9.13. The monoisotopic (exact) mass is 371 g/mol. The third-order valence-corrected chi connectivity index (χ3v) is 2.54. The van der Waals surface area contributed by atoms with E-state index in [1.54, 1.807) is 12.1 Å². The number of aromatic nitrogens is 3. The third-order valence-electron chi connectivity index (χ3n) is 1.87. The van der Waals surface area contributed by atoms with Gasteiger partial charge < -0.3 is 21.0 Å². The predicted molar refractivity (Wildman–Crippen MR) is 78.6 cm³/mol. The Morgan fingerprint density at radius 1 is 1.14 bits per heavy atom. The van der Waals surface area contributed by atoms with Crippen molar-refractivity contribution in [3.05, 3.63) is 39.9 Å². The summed E-state index contributed by atoms with van der Waals surface area (Å²) in [5.74, 6) is -0.969. The smallest absolute Gasteiger partial charge is 0.549 e. The molecule has 1 aromatic carbocycles. The topological polar surface area (TPSA) is 117 Å². The van der Waals surface area contributed by atoms with Crippen molar-refractivity contribution in [1.82, 2.24) is 15.0 Å². The van der Waals surface area contributed by atoms with Gasteiger partial charge in [-0.05, 0) is 35.3 Å². The van der Waals surface area contributed by atoms with Crippen LogP contribution in [-0.2, 0) is 4.79 Å². The van der Waals surface area contributed by atoms with Crippen molar-refractivity contribution in [3.63, 3.8) is 0 Å². The van der Waals surface area contributed by atoms with Crippen LogP contribution in [0.3, 0.4) is 0 Å². The molecular weight excluding hydrogens is 364 g/mol. The summed E-state index contributed by atoms with van der Waals surface area (Å²) in [4.78, 5) is 20.5. The van der Waals surface area contributed by atoms with Crippen LogP contribution in [0.1, 0.15) is 0 Å². The zero-order chi connectivity index (χ0) is 15.8. The van der Waals surface area contributed by atoms with Crippen LogP contribution < -0.4 is 45.7 Å². The van der Waals surface area contributed by atoms with E-state index in [4.69, 9.17) is 44.7 Å². The molecule has 0 bridgehead atoms. The number of carboxylic acid groups (broad SMARTS) is 1. The summed E-state index contributed by atoms with van der Waals surface area (Å²) < 4.78 is 0. The van der Waals surface area contributed by atoms with Gasteiger partial charge in [-0.15, -0.1) is 0 Å². The number of aliphatic carboxylic acids is 1. The molecule has 0 amide bonds. The summed E-state index contributed by atoms with van der Waals surface area (Å²) in [6, 6.07) is 7.18. The molecule has 112 valence electrons. The van der Waals surface area contributed by atoms with Crippen LogP contribution in [0.15, 0.2) is 24.3 Å². The van der Waals surface area contributed by atoms with Gasteiger partial charge in [0, 0.05) is 6.54 Å². The Bertz CT molecular complexity index is 612. The van der Waals surface area contributed by atoms with E-state index in [1.165, 1.54) is 0 Å². The average Bonchev–Trinajstić information content (AvgIpc) is 2.41. The van der Waals surface area contributed by atoms with Gasteiger partial charge >= 0.3 is 29.6 Å². The second kappa shape index (κ2) is 11.0. The van der Waals surface area contributed by atoms with E-state index in [0.29, 0.717) is 10.7 Å². The quantitative estimate of drug-likeness (QED) is 0.615. The first-order valence-corrected chi connectivity index (χ1v) is 6.54. The fraction of sp³-hybridized carbons (Fsp3) is 0.0909. The van der Waals surface area contributed by atoms with Crippen molar-refractivity contribution in [2.24, 2.45) is 5.73 Å². The van der Waals surface area contributed by atoms with E-state index in [2.05, 4.69) is 26.0 Å². The fourth-order valence-electron chi connectivity index (χ4n) is 1.06. The maximum Gasteiger partial charge on any atom is 1.00 e. The molecule has 0 unspecified atom stereocenters. The van der Waals surface area contributed by atoms with Gasteiger partial charge in [0.1, 0.15) is 0 Å². The van der Waals surface area contributed by atoms with E-state index in [-0.39, 0.29) is 52.6 Å². The van der Waals surface area contributed by atoms with Gasteiger partial charge in [0.25, 0.3) is 0 Å². The number of nitrogens with two attached hydrogens (primary N) is 1. The Kier molecular flexibility index (Phi) is 10.6. The van der Waals surface area contributed by atoms with Gasteiger partial charge in [-0.1, -0.05) is 23.7 Å². The number of carbonyl (C=O) groups excluding carboxylic acids is 1. The number of rotatable bonds is 3. The van der Waals surface area contributed by atoms with Crippen LogP contribution in [0.25, 0.3) is 0 Å². The molecule has 0 aliphatic carbocycles. The molecule has 11 heteroatoms. The summed E-state index contributed by atoms with van der Waals surface area (Å²) in [5.41, 5.74) is 5.18. The summed E-state index contributed by atoms with van der Waals surface area (Å²) in [6.07, 6.45) is 0. The van der Waals surface area contributed by atoms with Gasteiger partial charge in [0.05, 0.1) is 16.7 Å². The van der Waals surface area contributed by atoms with E-state index < -0.39 is 5.97 Å². The summed E-state index contributed by atoms with van der Waals surface area (Å²) in [5, 5.41) is 12.6. The summed E-state index contributed by atoms with van der Waals surface area (Å²) in [6.45, 7) is -0.389. The molecular formula is C11H9Cl3N5NaO2. The van der Waals surface area contributed by atoms with Crippen LogP contribution in [0.4, 0.5) is 11.6 Å². The second-order valence-corrected chi connectivity index (χ2v) is 4.46. The number of nitrogens with one attached hydrogen (secondary N) is 1. The zero-order valence-electron chi connectivity index (χ0n) is 11.4. The van der Waals surface area contributed by atoms with Crippen molar-refractivity contribution in [2.75, 3.05) is 11.9 Å². The molecule has 0 saturated carbocycles. The Hall–Kier alpha value is -0.670. The number of carboxylic acids is 1. The van der Waals surface area contributed by atoms with E-state index in [1.807, 2.05) is 12.1 Å². The van der Waals surface area contributed by atoms with Crippen molar-refractivity contribution < 1.29 is 39.5 Å². The van der Waals surface area contributed by atoms with Crippen molar-refractivity contribution in [3.8, 4) is 0 Å². The normalized spacial score (nSPS) is 9.09. The minimum Gasteiger partial charge on any atom is -0.549 e. The molecule has 0 radical (unpaired) electrons. The van der Waals surface area contributed by atoms with Crippen LogP contribution in [0, 0.1) is 0 Å². The van der Waals surface area contributed by atoms with Crippen LogP contribution in [-0.4, -0.2) is 27.5 Å². The number of benzene rings is 1. The molecule has 0 aliphatic heterocycles. The molecule has 0 aliphatic rings. The SMILES string of the molecule is Clc1nc(Cl)nc(Nc2ccccc2Cl)n1.NCC(=O)[O-].[Na+]. The maximum absolute atomic E-state index is 9.13. The van der Waals surface area contributed by atoms with Crippen molar-refractivity contribution >= 4 is 52.4 Å². The molecule has 0 fully saturated rings. The number of hydrogen-bond donors (Lipinski definition) is 2. The van der Waals surface area contributed by atoms with Gasteiger partial charge in [-0.2, -0.15) is 15.0 Å². The van der Waals surface area contributed by atoms with Crippen molar-refractivity contribution in [1.29, 1.82) is 0 Å². The minimum atomic E-state index is -1.22. The number of para-hydroxylation sites is 1. The number of nitrogens with zero attached hydrogens (tertiary/aromatic N) is 3. The van der Waals surface area contributed by atoms with Gasteiger partial charge in [-0.25, -0.2) is 0 Å². The zero-order valence-corrected chi connectivity index (χ0v) is 15.7. The molecule has 0 spiro atoms. The molecule has 22 heavy (non-hydrogen) atoms. The largest absolute Gasteiger partial charge is 1.00 e. The molecule has 2 aromatic rings. The number of halogens is 3. The molecule has 0 saturated heterocycles. The fourth-order valence-corrected chi connectivity index (χ4v) is 1.61. The Balaban J connectivity index is 0.000000644. The predicted octanol–water partition coefficient (Wildman–Crippen LogP) is -1.73. The van der Waals surface area contributed by atoms with E-state index >= 15 is 0 Å². The molecule has 2 rings (SSSR count). The molecule has 0 atom stereocenters. The Morgan fingerprint density at radius 3 is 2.09 bits per heavy atom. The van der Waals surface area contributed by atoms with Crippen LogP contribution in [0.5, 0.6) is 0 Å². The van der Waals surface area contributed by atoms with Gasteiger partial charge in [0.2, 0.25) is 16.5 Å². The van der Waals surface area contributed by atoms with E-state index in [9.17, 15) is 0 Å². The minimum absolute atomic E-state index is 0. The van der Waals surface area contributed by atoms with Crippen LogP contribution in [0.2, 0.25) is 15.6 Å². The first-order valence-electron chi connectivity index (χ1n) is 5.41. The van der Waals surface area contributed by atoms with Crippen molar-refractivity contribution in [2.45, 2.75) is 0 Å². The molecule has 3 N–H and O–H groups in total. The average molecular weight is 373 g/mol. The molecule has 1 heterocycles. The van der Waals surface area contributed by atoms with Gasteiger partial charge in [0.15, 0.2) is 0 Å². The third kappa shape index (κ3) is 8.09. The number of carbonyl (C=O) groups is 1. The van der Waals surface area contributed by atoms with Gasteiger partial charge in [-0.3, -0.25) is 0 Å². The Morgan fingerprint density at radius 2 is 1.64 bits per heavy atom. The Labute approximate surface area is 163 Å². The standard InChI is InChI=1S/C9H5Cl3N4.C2H5NO2.Na/c10-5-3-1-2-4-6(5)13-9-15-7(11)14-8(12)16-9;3-1-2(4)5;/h1-4H,(H,13,14,15,16);1,3H2,(H,4,5);/q;;+1/p-1.